The fourth-order valence-electron chi connectivity index (χ4n) is 1.97. The third-order valence-electron chi connectivity index (χ3n) is 3.41. The van der Waals surface area contributed by atoms with Crippen molar-refractivity contribution in [2.45, 2.75) is 6.92 Å². The van der Waals surface area contributed by atoms with Gasteiger partial charge in [0.05, 0.1) is 30.2 Å². The first-order chi connectivity index (χ1) is 9.47. The molecule has 7 heteroatoms. The number of nitrogens with zero attached hydrogens (tertiary/aromatic N) is 1. The van der Waals surface area contributed by atoms with Crippen LogP contribution in [0.5, 0.6) is 0 Å². The topological polar surface area (TPSA) is 102 Å². The molecule has 1 heterocycles. The summed E-state index contributed by atoms with van der Waals surface area (Å²) in [6.45, 7) is 2.55. The molecule has 1 fully saturated rings. The van der Waals surface area contributed by atoms with Crippen molar-refractivity contribution < 1.29 is 19.6 Å². The smallest absolute Gasteiger partial charge is 0.293 e. The van der Waals surface area contributed by atoms with Crippen molar-refractivity contribution in [3.8, 4) is 0 Å². The number of nitro groups is 1. The molecule has 7 nitrogen and oxygen atoms in total. The van der Waals surface area contributed by atoms with Crippen LogP contribution in [-0.2, 0) is 4.74 Å². The predicted molar refractivity (Wildman–Crippen MR) is 71.9 cm³/mol. The van der Waals surface area contributed by atoms with Crippen molar-refractivity contribution in [1.29, 1.82) is 0 Å². The number of hydrogen-bond donors (Lipinski definition) is 2. The van der Waals surface area contributed by atoms with Crippen LogP contribution in [0.15, 0.2) is 18.2 Å². The molecule has 1 aromatic carbocycles. The summed E-state index contributed by atoms with van der Waals surface area (Å²) in [7, 11) is 0. The van der Waals surface area contributed by atoms with Crippen LogP contribution in [0.1, 0.15) is 17.3 Å². The summed E-state index contributed by atoms with van der Waals surface area (Å²) in [4.78, 5) is 21.8. The molecule has 1 aliphatic rings. The molecular weight excluding hydrogens is 264 g/mol. The summed E-state index contributed by atoms with van der Waals surface area (Å²) < 4.78 is 5.07. The van der Waals surface area contributed by atoms with Gasteiger partial charge in [-0.3, -0.25) is 14.9 Å². The number of ether oxygens (including phenoxy) is 1. The lowest BCUT2D eigenvalue weighted by molar-refractivity contribution is -0.384. The maximum Gasteiger partial charge on any atom is 0.293 e. The highest BCUT2D eigenvalue weighted by Crippen LogP contribution is 2.30. The second-order valence-corrected chi connectivity index (χ2v) is 5.05. The SMILES string of the molecule is CC(=O)c1ccc(NCC2(CO)COC2)c([N+](=O)[O-])c1. The maximum atomic E-state index is 11.3. The Hall–Kier alpha value is -1.99. The Kier molecular flexibility index (Phi) is 4.01. The van der Waals surface area contributed by atoms with E-state index in [9.17, 15) is 20.0 Å². The van der Waals surface area contributed by atoms with E-state index in [4.69, 9.17) is 4.74 Å². The van der Waals surface area contributed by atoms with Gasteiger partial charge in [-0.05, 0) is 19.1 Å². The van der Waals surface area contributed by atoms with Gasteiger partial charge in [0.15, 0.2) is 5.78 Å². The Balaban J connectivity index is 2.18. The number of benzene rings is 1. The van der Waals surface area contributed by atoms with Gasteiger partial charge < -0.3 is 15.2 Å². The number of Topliss-reactive ketones (excluding diaryl/α,β-unsaturated/α-hetero) is 1. The van der Waals surface area contributed by atoms with Crippen LogP contribution in [0.2, 0.25) is 0 Å². The molecular formula is C13H16N2O5. The molecule has 108 valence electrons. The molecule has 1 saturated heterocycles. The maximum absolute atomic E-state index is 11.3. The number of nitrogens with one attached hydrogen (secondary N) is 1. The Morgan fingerprint density at radius 3 is 2.70 bits per heavy atom. The van der Waals surface area contributed by atoms with Gasteiger partial charge in [0, 0.05) is 18.2 Å². The number of nitro benzene ring substituents is 1. The van der Waals surface area contributed by atoms with E-state index in [0.717, 1.165) is 0 Å². The highest BCUT2D eigenvalue weighted by molar-refractivity contribution is 5.95. The number of hydrogen-bond acceptors (Lipinski definition) is 6. The van der Waals surface area contributed by atoms with Crippen molar-refractivity contribution in [1.82, 2.24) is 0 Å². The average Bonchev–Trinajstić information content (AvgIpc) is 2.37. The van der Waals surface area contributed by atoms with E-state index in [1.165, 1.54) is 19.1 Å². The molecule has 0 radical (unpaired) electrons. The molecule has 2 rings (SSSR count). The van der Waals surface area contributed by atoms with E-state index in [1.54, 1.807) is 6.07 Å². The Labute approximate surface area is 115 Å². The Bertz CT molecular complexity index is 534. The molecule has 0 atom stereocenters. The van der Waals surface area contributed by atoms with Gasteiger partial charge in [-0.2, -0.15) is 0 Å². The van der Waals surface area contributed by atoms with Crippen molar-refractivity contribution in [3.05, 3.63) is 33.9 Å². The average molecular weight is 280 g/mol. The van der Waals surface area contributed by atoms with E-state index in [2.05, 4.69) is 5.32 Å². The third kappa shape index (κ3) is 2.78. The van der Waals surface area contributed by atoms with Crippen molar-refractivity contribution >= 4 is 17.2 Å². The molecule has 2 N–H and O–H groups in total. The fraction of sp³-hybridized carbons (Fsp3) is 0.462. The molecule has 0 bridgehead atoms. The van der Waals surface area contributed by atoms with Crippen LogP contribution in [-0.4, -0.2) is 42.2 Å². The highest BCUT2D eigenvalue weighted by Gasteiger charge is 2.38. The molecule has 0 saturated carbocycles. The van der Waals surface area contributed by atoms with Crippen LogP contribution >= 0.6 is 0 Å². The minimum absolute atomic E-state index is 0.0423. The number of ketones is 1. The lowest BCUT2D eigenvalue weighted by Gasteiger charge is -2.40. The summed E-state index contributed by atoms with van der Waals surface area (Å²) >= 11 is 0. The zero-order valence-electron chi connectivity index (χ0n) is 11.1. The van der Waals surface area contributed by atoms with Gasteiger partial charge in [0.25, 0.3) is 5.69 Å². The standard InChI is InChI=1S/C13H16N2O5/c1-9(17)10-2-3-11(12(4-10)15(18)19)14-5-13(6-16)7-20-8-13/h2-4,14,16H,5-8H2,1H3. The number of carbonyl (C=O) groups excluding carboxylic acids is 1. The number of aliphatic hydroxyl groups excluding tert-OH is 1. The summed E-state index contributed by atoms with van der Waals surface area (Å²) in [6, 6.07) is 4.31. The van der Waals surface area contributed by atoms with Crippen LogP contribution in [0.3, 0.4) is 0 Å². The number of anilines is 1. The quantitative estimate of drug-likeness (QED) is 0.461. The summed E-state index contributed by atoms with van der Waals surface area (Å²) in [6.07, 6.45) is 0. The van der Waals surface area contributed by atoms with Crippen molar-refractivity contribution in [2.24, 2.45) is 5.41 Å². The van der Waals surface area contributed by atoms with Crippen molar-refractivity contribution in [3.63, 3.8) is 0 Å². The van der Waals surface area contributed by atoms with Crippen LogP contribution < -0.4 is 5.32 Å². The Morgan fingerprint density at radius 1 is 1.55 bits per heavy atom. The van der Waals surface area contributed by atoms with Crippen LogP contribution in [0.25, 0.3) is 0 Å². The third-order valence-corrected chi connectivity index (χ3v) is 3.41. The predicted octanol–water partition coefficient (Wildman–Crippen LogP) is 1.22. The first kappa shape index (κ1) is 14.4. The van der Waals surface area contributed by atoms with E-state index in [0.29, 0.717) is 31.0 Å². The normalized spacial score (nSPS) is 16.3. The second-order valence-electron chi connectivity index (χ2n) is 5.05. The van der Waals surface area contributed by atoms with E-state index < -0.39 is 4.92 Å². The minimum Gasteiger partial charge on any atom is -0.396 e. The lowest BCUT2D eigenvalue weighted by Crippen LogP contribution is -2.50. The molecule has 20 heavy (non-hydrogen) atoms. The van der Waals surface area contributed by atoms with Gasteiger partial charge in [-0.15, -0.1) is 0 Å². The van der Waals surface area contributed by atoms with Crippen LogP contribution in [0.4, 0.5) is 11.4 Å². The second kappa shape index (κ2) is 5.56. The monoisotopic (exact) mass is 280 g/mol. The highest BCUT2D eigenvalue weighted by atomic mass is 16.6. The largest absolute Gasteiger partial charge is 0.396 e. The first-order valence-corrected chi connectivity index (χ1v) is 6.19. The molecule has 0 aromatic heterocycles. The summed E-state index contributed by atoms with van der Waals surface area (Å²) in [5.41, 5.74) is 0.101. The van der Waals surface area contributed by atoms with Crippen LogP contribution in [0, 0.1) is 15.5 Å². The van der Waals surface area contributed by atoms with Gasteiger partial charge >= 0.3 is 0 Å². The van der Waals surface area contributed by atoms with Gasteiger partial charge in [-0.25, -0.2) is 0 Å². The van der Waals surface area contributed by atoms with Crippen molar-refractivity contribution in [2.75, 3.05) is 31.7 Å². The van der Waals surface area contributed by atoms with E-state index in [-0.39, 0.29) is 23.5 Å². The van der Waals surface area contributed by atoms with E-state index in [1.807, 2.05) is 0 Å². The molecule has 1 aliphatic heterocycles. The first-order valence-electron chi connectivity index (χ1n) is 6.19. The van der Waals surface area contributed by atoms with Gasteiger partial charge in [0.2, 0.25) is 0 Å². The number of rotatable bonds is 6. The molecule has 1 aromatic rings. The molecule has 0 spiro atoms. The summed E-state index contributed by atoms with van der Waals surface area (Å²) in [5, 5.41) is 23.3. The molecule has 0 unspecified atom stereocenters. The molecule has 0 aliphatic carbocycles. The minimum atomic E-state index is -0.530. The fourth-order valence-corrected chi connectivity index (χ4v) is 1.97. The van der Waals surface area contributed by atoms with Gasteiger partial charge in [-0.1, -0.05) is 0 Å². The van der Waals surface area contributed by atoms with Gasteiger partial charge in [0.1, 0.15) is 5.69 Å². The zero-order chi connectivity index (χ0) is 14.8. The number of aliphatic hydroxyl groups is 1. The number of carbonyl (C=O) groups is 1. The zero-order valence-corrected chi connectivity index (χ0v) is 11.1. The molecule has 0 amide bonds. The van der Waals surface area contributed by atoms with E-state index >= 15 is 0 Å². The Morgan fingerprint density at radius 2 is 2.25 bits per heavy atom. The lowest BCUT2D eigenvalue weighted by atomic mass is 9.87. The summed E-state index contributed by atoms with van der Waals surface area (Å²) in [5.74, 6) is -0.223.